The highest BCUT2D eigenvalue weighted by Gasteiger charge is 2.10. The third kappa shape index (κ3) is 3.34. The highest BCUT2D eigenvalue weighted by molar-refractivity contribution is 6.99. The summed E-state index contributed by atoms with van der Waals surface area (Å²) in [5.41, 5.74) is 2.40. The molecule has 0 saturated heterocycles. The van der Waals surface area contributed by atoms with Gasteiger partial charge in [0.2, 0.25) is 0 Å². The van der Waals surface area contributed by atoms with Gasteiger partial charge >= 0.3 is 0 Å². The van der Waals surface area contributed by atoms with Crippen LogP contribution in [0.15, 0.2) is 35.7 Å². The molecule has 0 fully saturated rings. The van der Waals surface area contributed by atoms with E-state index in [0.29, 0.717) is 0 Å². The lowest BCUT2D eigenvalue weighted by Crippen LogP contribution is -3.00. The van der Waals surface area contributed by atoms with Gasteiger partial charge in [-0.3, -0.25) is 10.1 Å². The molecule has 17 heavy (non-hydrogen) atoms. The Morgan fingerprint density at radius 2 is 1.94 bits per heavy atom. The van der Waals surface area contributed by atoms with Crippen molar-refractivity contribution in [1.82, 2.24) is 0 Å². The number of nitro benzene ring substituents is 1. The number of aromatic nitrogens is 1. The lowest BCUT2D eigenvalue weighted by atomic mass is 10.2. The first-order chi connectivity index (χ1) is 7.66. The van der Waals surface area contributed by atoms with Crippen LogP contribution in [0.4, 0.5) is 5.69 Å². The van der Waals surface area contributed by atoms with Crippen LogP contribution in [0.3, 0.4) is 0 Å². The molecule has 2 aromatic rings. The Morgan fingerprint density at radius 1 is 1.29 bits per heavy atom. The van der Waals surface area contributed by atoms with Crippen LogP contribution in [-0.4, -0.2) is 4.92 Å². The molecular weight excluding hydrogens is 304 g/mol. The van der Waals surface area contributed by atoms with Gasteiger partial charge in [-0.15, -0.1) is 3.96 Å². The van der Waals surface area contributed by atoms with Crippen molar-refractivity contribution in [2.75, 3.05) is 0 Å². The Kier molecular flexibility index (Phi) is 4.77. The van der Waals surface area contributed by atoms with Crippen LogP contribution in [-0.2, 0) is 6.54 Å². The maximum atomic E-state index is 10.5. The van der Waals surface area contributed by atoms with Crippen molar-refractivity contribution in [3.8, 4) is 0 Å². The summed E-state index contributed by atoms with van der Waals surface area (Å²) in [6.07, 6.45) is 0. The zero-order valence-corrected chi connectivity index (χ0v) is 11.6. The molecule has 1 heterocycles. The van der Waals surface area contributed by atoms with Gasteiger partial charge in [-0.2, -0.15) is 0 Å². The van der Waals surface area contributed by atoms with E-state index in [2.05, 4.69) is 10.0 Å². The molecule has 0 aliphatic rings. The van der Waals surface area contributed by atoms with E-state index in [1.54, 1.807) is 35.8 Å². The third-order valence-electron chi connectivity index (χ3n) is 2.36. The highest BCUT2D eigenvalue weighted by Crippen LogP contribution is 2.12. The van der Waals surface area contributed by atoms with E-state index in [-0.39, 0.29) is 27.6 Å². The summed E-state index contributed by atoms with van der Waals surface area (Å²) in [5.74, 6) is 0. The minimum atomic E-state index is -0.382. The SMILES string of the molecule is Cc1ccs[n+]1Cc1ccc([N+](=O)[O-])cc1.[Br-]. The van der Waals surface area contributed by atoms with Crippen molar-refractivity contribution in [2.45, 2.75) is 13.5 Å². The van der Waals surface area contributed by atoms with Crippen LogP contribution in [0.25, 0.3) is 0 Å². The van der Waals surface area contributed by atoms with Gasteiger partial charge in [0.05, 0.1) is 10.3 Å². The number of hydrogen-bond acceptors (Lipinski definition) is 3. The molecule has 1 aromatic carbocycles. The first kappa shape index (κ1) is 13.8. The minimum absolute atomic E-state index is 0. The van der Waals surface area contributed by atoms with Crippen molar-refractivity contribution in [2.24, 2.45) is 0 Å². The number of benzene rings is 1. The topological polar surface area (TPSA) is 47.0 Å². The second-order valence-corrected chi connectivity index (χ2v) is 4.43. The lowest BCUT2D eigenvalue weighted by molar-refractivity contribution is -0.625. The highest BCUT2D eigenvalue weighted by atomic mass is 79.9. The second kappa shape index (κ2) is 5.88. The van der Waals surface area contributed by atoms with Crippen molar-refractivity contribution < 1.29 is 25.9 Å². The Hall–Kier alpha value is -1.27. The van der Waals surface area contributed by atoms with E-state index in [1.807, 2.05) is 12.3 Å². The predicted octanol–water partition coefficient (Wildman–Crippen LogP) is -0.695. The molecule has 0 N–H and O–H groups in total. The smallest absolute Gasteiger partial charge is 0.269 e. The van der Waals surface area contributed by atoms with Gasteiger partial charge in [0.1, 0.15) is 11.5 Å². The number of aryl methyl sites for hydroxylation is 1. The quantitative estimate of drug-likeness (QED) is 0.427. The van der Waals surface area contributed by atoms with Crippen LogP contribution in [0, 0.1) is 17.0 Å². The van der Waals surface area contributed by atoms with Crippen LogP contribution in [0.5, 0.6) is 0 Å². The molecule has 0 saturated carbocycles. The molecule has 0 amide bonds. The molecule has 2 rings (SSSR count). The van der Waals surface area contributed by atoms with E-state index >= 15 is 0 Å². The van der Waals surface area contributed by atoms with E-state index in [1.165, 1.54) is 5.69 Å². The molecule has 1 aromatic heterocycles. The minimum Gasteiger partial charge on any atom is -1.00 e. The molecule has 0 unspecified atom stereocenters. The fraction of sp³-hybridized carbons (Fsp3) is 0.182. The number of nitrogens with zero attached hydrogens (tertiary/aromatic N) is 2. The van der Waals surface area contributed by atoms with Gasteiger partial charge in [-0.1, -0.05) is 0 Å². The summed E-state index contributed by atoms with van der Waals surface area (Å²) < 4.78 is 2.14. The number of rotatable bonds is 3. The lowest BCUT2D eigenvalue weighted by Gasteiger charge is -1.95. The summed E-state index contributed by atoms with van der Waals surface area (Å²) in [4.78, 5) is 10.1. The van der Waals surface area contributed by atoms with E-state index in [9.17, 15) is 10.1 Å². The number of halogens is 1. The standard InChI is InChI=1S/C11H11N2O2S.BrH/c1-9-6-7-16-12(9)8-10-2-4-11(5-3-10)13(14)15;/h2-7H,8H2,1H3;1H/q+1;/p-1. The normalized spacial score (nSPS) is 9.71. The van der Waals surface area contributed by atoms with Gasteiger partial charge in [-0.05, 0) is 12.1 Å². The van der Waals surface area contributed by atoms with Crippen molar-refractivity contribution in [1.29, 1.82) is 0 Å². The van der Waals surface area contributed by atoms with Crippen LogP contribution in [0.1, 0.15) is 11.3 Å². The molecule has 0 spiro atoms. The Bertz CT molecular complexity index is 510. The van der Waals surface area contributed by atoms with Gasteiger partial charge in [0, 0.05) is 30.7 Å². The number of nitro groups is 1. The molecule has 4 nitrogen and oxygen atoms in total. The summed E-state index contributed by atoms with van der Waals surface area (Å²) in [6.45, 7) is 2.81. The van der Waals surface area contributed by atoms with Gasteiger partial charge in [0.25, 0.3) is 5.69 Å². The van der Waals surface area contributed by atoms with Crippen LogP contribution < -0.4 is 20.9 Å². The third-order valence-corrected chi connectivity index (χ3v) is 3.29. The monoisotopic (exact) mass is 314 g/mol. The molecule has 0 aliphatic carbocycles. The van der Waals surface area contributed by atoms with E-state index < -0.39 is 0 Å². The van der Waals surface area contributed by atoms with Crippen LogP contribution >= 0.6 is 11.5 Å². The fourth-order valence-electron chi connectivity index (χ4n) is 1.42. The predicted molar refractivity (Wildman–Crippen MR) is 61.4 cm³/mol. The second-order valence-electron chi connectivity index (χ2n) is 3.51. The summed E-state index contributed by atoms with van der Waals surface area (Å²) in [6, 6.07) is 8.72. The zero-order valence-electron chi connectivity index (χ0n) is 9.17. The molecule has 0 radical (unpaired) electrons. The van der Waals surface area contributed by atoms with Crippen molar-refractivity contribution >= 4 is 17.2 Å². The van der Waals surface area contributed by atoms with Crippen molar-refractivity contribution in [3.63, 3.8) is 0 Å². The summed E-state index contributed by atoms with van der Waals surface area (Å²) >= 11 is 1.64. The zero-order chi connectivity index (χ0) is 11.5. The first-order valence-corrected chi connectivity index (χ1v) is 5.68. The Morgan fingerprint density at radius 3 is 2.41 bits per heavy atom. The van der Waals surface area contributed by atoms with E-state index in [4.69, 9.17) is 0 Å². The molecule has 0 bridgehead atoms. The average molecular weight is 315 g/mol. The summed E-state index contributed by atoms with van der Waals surface area (Å²) in [5, 5.41) is 12.5. The fourth-order valence-corrected chi connectivity index (χ4v) is 2.27. The molecule has 0 atom stereocenters. The Balaban J connectivity index is 0.00000144. The van der Waals surface area contributed by atoms with Crippen molar-refractivity contribution in [3.05, 3.63) is 57.1 Å². The average Bonchev–Trinajstić information content (AvgIpc) is 2.65. The van der Waals surface area contributed by atoms with Crippen LogP contribution in [0.2, 0.25) is 0 Å². The van der Waals surface area contributed by atoms with E-state index in [0.717, 1.165) is 12.1 Å². The molecular formula is C11H11BrN2O2S. The van der Waals surface area contributed by atoms with Gasteiger partial charge < -0.3 is 17.0 Å². The molecule has 90 valence electrons. The maximum Gasteiger partial charge on any atom is 0.269 e. The van der Waals surface area contributed by atoms with Gasteiger partial charge in [0.15, 0.2) is 12.2 Å². The molecule has 6 heteroatoms. The summed E-state index contributed by atoms with van der Waals surface area (Å²) in [7, 11) is 0. The first-order valence-electron chi connectivity index (χ1n) is 4.84. The number of non-ortho nitro benzene ring substituents is 1. The molecule has 0 aliphatic heterocycles. The Labute approximate surface area is 114 Å². The number of hydrogen-bond donors (Lipinski definition) is 0. The van der Waals surface area contributed by atoms with Gasteiger partial charge in [-0.25, -0.2) is 0 Å². The largest absolute Gasteiger partial charge is 1.00 e. The maximum absolute atomic E-state index is 10.5.